The number of aliphatic hydroxyl groups excluding tert-OH is 2. The fourth-order valence-corrected chi connectivity index (χ4v) is 5.64. The van der Waals surface area contributed by atoms with Crippen LogP contribution >= 0.6 is 0 Å². The lowest BCUT2D eigenvalue weighted by atomic mass is 10.0. The Morgan fingerprint density at radius 1 is 1.00 bits per heavy atom. The van der Waals surface area contributed by atoms with Crippen LogP contribution in [0.4, 0.5) is 16.2 Å². The molecule has 3 aromatic carbocycles. The van der Waals surface area contributed by atoms with Crippen LogP contribution in [0.2, 0.25) is 0 Å². The number of rotatable bonds is 10. The van der Waals surface area contributed by atoms with E-state index in [1.807, 2.05) is 25.1 Å². The van der Waals surface area contributed by atoms with Crippen LogP contribution in [0.25, 0.3) is 32.6 Å². The van der Waals surface area contributed by atoms with E-state index in [0.717, 1.165) is 0 Å². The van der Waals surface area contributed by atoms with Crippen LogP contribution in [0.5, 0.6) is 17.2 Å². The molecule has 6 rings (SSSR count). The molecule has 0 aliphatic carbocycles. The molecule has 0 unspecified atom stereocenters. The minimum Gasteiger partial charge on any atom is -0.454 e. The molecular weight excluding hydrogens is 606 g/mol. The second-order valence-electron chi connectivity index (χ2n) is 11.5. The first-order chi connectivity index (χ1) is 22.7. The number of carbonyl (C=O) groups is 2. The van der Waals surface area contributed by atoms with E-state index < -0.39 is 12.7 Å². The average Bonchev–Trinajstić information content (AvgIpc) is 3.53. The predicted octanol–water partition coefficient (Wildman–Crippen LogP) is 3.83. The van der Waals surface area contributed by atoms with Crippen LogP contribution in [-0.2, 0) is 17.9 Å². The van der Waals surface area contributed by atoms with E-state index >= 15 is 0 Å². The number of para-hydroxylation sites is 2. The van der Waals surface area contributed by atoms with Gasteiger partial charge in [0.05, 0.1) is 34.4 Å². The van der Waals surface area contributed by atoms with Gasteiger partial charge in [0, 0.05) is 61.8 Å². The van der Waals surface area contributed by atoms with Crippen molar-refractivity contribution < 1.29 is 34.0 Å². The molecule has 3 N–H and O–H groups in total. The van der Waals surface area contributed by atoms with Crippen molar-refractivity contribution >= 4 is 56.0 Å². The van der Waals surface area contributed by atoms with Gasteiger partial charge >= 0.3 is 6.09 Å². The number of aromatic nitrogens is 2. The van der Waals surface area contributed by atoms with Gasteiger partial charge in [-0.05, 0) is 56.2 Å². The van der Waals surface area contributed by atoms with E-state index in [-0.39, 0.29) is 42.4 Å². The molecule has 244 valence electrons. The summed E-state index contributed by atoms with van der Waals surface area (Å²) in [5.41, 5.74) is 2.05. The Bertz CT molecular complexity index is 2080. The number of carbonyl (C=O) groups excluding carboxylic acids is 2. The number of ether oxygens (including phenoxy) is 3. The van der Waals surface area contributed by atoms with Crippen LogP contribution in [0.15, 0.2) is 59.5 Å². The minimum absolute atomic E-state index is 0.0223. The second kappa shape index (κ2) is 13.2. The average molecular weight is 642 g/mol. The summed E-state index contributed by atoms with van der Waals surface area (Å²) in [6, 6.07) is 13.5. The Labute approximate surface area is 269 Å². The van der Waals surface area contributed by atoms with Gasteiger partial charge in [-0.1, -0.05) is 12.1 Å². The molecular formula is C34H35N5O8. The van der Waals surface area contributed by atoms with Crippen molar-refractivity contribution in [1.29, 1.82) is 0 Å². The fraction of sp³-hybridized carbons (Fsp3) is 0.294. The number of fused-ring (bicyclic) bond motifs is 6. The molecule has 0 radical (unpaired) electrons. The van der Waals surface area contributed by atoms with Gasteiger partial charge in [-0.2, -0.15) is 0 Å². The maximum Gasteiger partial charge on any atom is 0.419 e. The molecule has 5 aromatic rings. The SMILES string of the molecule is CN(C)CCn1c(=O)c2cc(OC(=O)N(C)c3ccccc3NC(=O)CCCO)c(CO)cc2c2cnc3cc4c(cc3c21)OCO4. The molecule has 0 saturated heterocycles. The minimum atomic E-state index is -0.798. The lowest BCUT2D eigenvalue weighted by Crippen LogP contribution is -2.31. The maximum atomic E-state index is 14.2. The number of benzene rings is 3. The van der Waals surface area contributed by atoms with Gasteiger partial charge in [-0.3, -0.25) is 19.5 Å². The highest BCUT2D eigenvalue weighted by Gasteiger charge is 2.23. The topological polar surface area (TPSA) is 156 Å². The highest BCUT2D eigenvalue weighted by Crippen LogP contribution is 2.39. The van der Waals surface area contributed by atoms with Gasteiger partial charge in [0.1, 0.15) is 5.75 Å². The zero-order valence-electron chi connectivity index (χ0n) is 26.3. The van der Waals surface area contributed by atoms with Gasteiger partial charge in [-0.25, -0.2) is 4.79 Å². The van der Waals surface area contributed by atoms with Crippen molar-refractivity contribution in [2.75, 3.05) is 51.3 Å². The first-order valence-corrected chi connectivity index (χ1v) is 15.1. The Kier molecular flexibility index (Phi) is 8.94. The van der Waals surface area contributed by atoms with E-state index in [1.54, 1.807) is 47.2 Å². The van der Waals surface area contributed by atoms with Gasteiger partial charge in [0.15, 0.2) is 11.5 Å². The molecule has 0 spiro atoms. The number of likely N-dealkylation sites (N-methyl/N-ethyl adjacent to an activating group) is 1. The highest BCUT2D eigenvalue weighted by atomic mass is 16.7. The molecule has 47 heavy (non-hydrogen) atoms. The summed E-state index contributed by atoms with van der Waals surface area (Å²) in [6.45, 7) is 0.459. The third kappa shape index (κ3) is 6.15. The highest BCUT2D eigenvalue weighted by molar-refractivity contribution is 6.15. The summed E-state index contributed by atoms with van der Waals surface area (Å²) in [4.78, 5) is 47.9. The first-order valence-electron chi connectivity index (χ1n) is 15.1. The molecule has 0 saturated carbocycles. The van der Waals surface area contributed by atoms with Crippen molar-refractivity contribution in [3.8, 4) is 17.2 Å². The van der Waals surface area contributed by atoms with Crippen molar-refractivity contribution in [2.24, 2.45) is 0 Å². The molecule has 3 heterocycles. The summed E-state index contributed by atoms with van der Waals surface area (Å²) < 4.78 is 18.7. The quantitative estimate of drug-likeness (QED) is 0.192. The van der Waals surface area contributed by atoms with E-state index in [2.05, 4.69) is 10.3 Å². The number of nitrogens with zero attached hydrogens (tertiary/aromatic N) is 4. The number of hydrogen-bond donors (Lipinski definition) is 3. The second-order valence-corrected chi connectivity index (χ2v) is 11.5. The lowest BCUT2D eigenvalue weighted by Gasteiger charge is -2.22. The van der Waals surface area contributed by atoms with Crippen LogP contribution in [-0.4, -0.2) is 77.8 Å². The molecule has 13 heteroatoms. The number of pyridine rings is 2. The van der Waals surface area contributed by atoms with Crippen LogP contribution in [0, 0.1) is 0 Å². The van der Waals surface area contributed by atoms with Crippen LogP contribution in [0.1, 0.15) is 18.4 Å². The van der Waals surface area contributed by atoms with Crippen LogP contribution < -0.4 is 30.0 Å². The zero-order valence-corrected chi connectivity index (χ0v) is 26.3. The van der Waals surface area contributed by atoms with Crippen LogP contribution in [0.3, 0.4) is 0 Å². The van der Waals surface area contributed by atoms with E-state index in [4.69, 9.17) is 19.3 Å². The van der Waals surface area contributed by atoms with Gasteiger partial charge in [-0.15, -0.1) is 0 Å². The third-order valence-corrected chi connectivity index (χ3v) is 8.08. The van der Waals surface area contributed by atoms with Crippen molar-refractivity contribution in [3.63, 3.8) is 0 Å². The van der Waals surface area contributed by atoms with E-state index in [1.165, 1.54) is 18.0 Å². The van der Waals surface area contributed by atoms with Gasteiger partial charge in [0.25, 0.3) is 5.56 Å². The molecule has 13 nitrogen and oxygen atoms in total. The van der Waals surface area contributed by atoms with Crippen molar-refractivity contribution in [1.82, 2.24) is 14.5 Å². The summed E-state index contributed by atoms with van der Waals surface area (Å²) in [5.74, 6) is 0.856. The molecule has 0 fully saturated rings. The Morgan fingerprint density at radius 3 is 2.51 bits per heavy atom. The molecule has 0 atom stereocenters. The molecule has 1 aliphatic heterocycles. The first kappa shape index (κ1) is 31.7. The number of aliphatic hydroxyl groups is 2. The summed E-state index contributed by atoms with van der Waals surface area (Å²) in [7, 11) is 5.34. The van der Waals surface area contributed by atoms with Gasteiger partial charge < -0.3 is 39.2 Å². The Balaban J connectivity index is 1.43. The molecule has 2 aromatic heterocycles. The number of anilines is 2. The van der Waals surface area contributed by atoms with E-state index in [0.29, 0.717) is 75.1 Å². The predicted molar refractivity (Wildman–Crippen MR) is 177 cm³/mol. The smallest absolute Gasteiger partial charge is 0.419 e. The summed E-state index contributed by atoms with van der Waals surface area (Å²) in [5, 5.41) is 24.4. The summed E-state index contributed by atoms with van der Waals surface area (Å²) in [6.07, 6.45) is 1.32. The lowest BCUT2D eigenvalue weighted by molar-refractivity contribution is -0.116. The summed E-state index contributed by atoms with van der Waals surface area (Å²) >= 11 is 0. The standard InChI is InChI=1S/C34H35N5O8/c1-37(2)10-11-39-32-23-15-29-30(46-19-45-29)16-26(23)35-17-24(32)21-13-20(18-41)28(14-22(21)33(39)43)47-34(44)38(3)27-8-5-4-7-25(27)36-31(42)9-6-12-40/h4-5,7-8,13-17,40-41H,6,9-12,18-19H2,1-3H3,(H,36,42). The molecule has 2 amide bonds. The monoisotopic (exact) mass is 641 g/mol. The number of hydrogen-bond acceptors (Lipinski definition) is 10. The Hall–Kier alpha value is -5.24. The number of nitrogens with one attached hydrogen (secondary N) is 1. The van der Waals surface area contributed by atoms with Gasteiger partial charge in [0.2, 0.25) is 12.7 Å². The fourth-order valence-electron chi connectivity index (χ4n) is 5.64. The normalized spacial score (nSPS) is 12.3. The van der Waals surface area contributed by atoms with Crippen molar-refractivity contribution in [2.45, 2.75) is 26.0 Å². The van der Waals surface area contributed by atoms with Crippen molar-refractivity contribution in [3.05, 3.63) is 70.6 Å². The Morgan fingerprint density at radius 2 is 1.77 bits per heavy atom. The molecule has 1 aliphatic rings. The zero-order chi connectivity index (χ0) is 33.2. The number of amides is 2. The maximum absolute atomic E-state index is 14.2. The third-order valence-electron chi connectivity index (χ3n) is 8.08. The largest absolute Gasteiger partial charge is 0.454 e. The molecule has 0 bridgehead atoms. The van der Waals surface area contributed by atoms with E-state index in [9.17, 15) is 19.5 Å².